The fourth-order valence-electron chi connectivity index (χ4n) is 1.55. The number of methoxy groups -OCH3 is 1. The van der Waals surface area contributed by atoms with Gasteiger partial charge in [-0.05, 0) is 18.2 Å². The summed E-state index contributed by atoms with van der Waals surface area (Å²) in [5, 5.41) is 6.65. The molecule has 2 rings (SSSR count). The van der Waals surface area contributed by atoms with Crippen LogP contribution in [0.5, 0.6) is 5.75 Å². The SMILES string of the molecule is COc1ccc(Cl)cc1-n1c(CN)n[nH]c1=O. The molecule has 3 N–H and O–H groups in total. The highest BCUT2D eigenvalue weighted by molar-refractivity contribution is 6.30. The lowest BCUT2D eigenvalue weighted by atomic mass is 10.3. The van der Waals surface area contributed by atoms with E-state index in [1.165, 1.54) is 11.7 Å². The number of rotatable bonds is 3. The number of benzene rings is 1. The van der Waals surface area contributed by atoms with Gasteiger partial charge in [0.2, 0.25) is 0 Å². The van der Waals surface area contributed by atoms with Crippen LogP contribution in [0.25, 0.3) is 5.69 Å². The summed E-state index contributed by atoms with van der Waals surface area (Å²) in [6.45, 7) is 0.133. The third kappa shape index (κ3) is 2.04. The third-order valence-electron chi connectivity index (χ3n) is 2.31. The molecular weight excluding hydrogens is 244 g/mol. The van der Waals surface area contributed by atoms with Gasteiger partial charge in [-0.3, -0.25) is 0 Å². The monoisotopic (exact) mass is 254 g/mol. The Morgan fingerprint density at radius 3 is 3.00 bits per heavy atom. The van der Waals surface area contributed by atoms with E-state index in [0.29, 0.717) is 22.3 Å². The molecule has 0 aliphatic rings. The van der Waals surface area contributed by atoms with Gasteiger partial charge in [0, 0.05) is 5.02 Å². The molecule has 0 aliphatic heterocycles. The molecule has 1 aromatic heterocycles. The third-order valence-corrected chi connectivity index (χ3v) is 2.54. The molecule has 0 radical (unpaired) electrons. The minimum atomic E-state index is -0.383. The normalized spacial score (nSPS) is 10.5. The zero-order chi connectivity index (χ0) is 12.4. The zero-order valence-corrected chi connectivity index (χ0v) is 9.86. The van der Waals surface area contributed by atoms with E-state index in [4.69, 9.17) is 22.1 Å². The maximum atomic E-state index is 11.7. The van der Waals surface area contributed by atoms with Crippen molar-refractivity contribution < 1.29 is 4.74 Å². The van der Waals surface area contributed by atoms with Gasteiger partial charge < -0.3 is 10.5 Å². The maximum absolute atomic E-state index is 11.7. The molecule has 0 saturated carbocycles. The fraction of sp³-hybridized carbons (Fsp3) is 0.200. The predicted molar refractivity (Wildman–Crippen MR) is 63.6 cm³/mol. The maximum Gasteiger partial charge on any atom is 0.348 e. The van der Waals surface area contributed by atoms with Gasteiger partial charge in [-0.15, -0.1) is 0 Å². The second-order valence-electron chi connectivity index (χ2n) is 3.30. The molecule has 0 fully saturated rings. The highest BCUT2D eigenvalue weighted by atomic mass is 35.5. The van der Waals surface area contributed by atoms with Crippen molar-refractivity contribution in [2.24, 2.45) is 5.73 Å². The molecular formula is C10H11ClN4O2. The van der Waals surface area contributed by atoms with Crippen LogP contribution in [0.15, 0.2) is 23.0 Å². The number of hydrogen-bond donors (Lipinski definition) is 2. The van der Waals surface area contributed by atoms with E-state index in [-0.39, 0.29) is 12.2 Å². The molecule has 90 valence electrons. The summed E-state index contributed by atoms with van der Waals surface area (Å²) in [4.78, 5) is 11.7. The average molecular weight is 255 g/mol. The molecule has 0 bridgehead atoms. The van der Waals surface area contributed by atoms with Gasteiger partial charge in [0.05, 0.1) is 19.3 Å². The lowest BCUT2D eigenvalue weighted by molar-refractivity contribution is 0.412. The van der Waals surface area contributed by atoms with Crippen molar-refractivity contribution in [3.05, 3.63) is 39.5 Å². The molecule has 2 aromatic rings. The number of nitrogens with two attached hydrogens (primary N) is 1. The average Bonchev–Trinajstić information content (AvgIpc) is 2.70. The number of nitrogens with one attached hydrogen (secondary N) is 1. The number of aromatic amines is 1. The van der Waals surface area contributed by atoms with Crippen LogP contribution in [0.3, 0.4) is 0 Å². The molecule has 1 heterocycles. The standard InChI is InChI=1S/C10H11ClN4O2/c1-17-8-3-2-6(11)4-7(8)15-9(5-12)13-14-10(15)16/h2-4H,5,12H2,1H3,(H,14,16). The summed E-state index contributed by atoms with van der Waals surface area (Å²) in [5.74, 6) is 0.933. The predicted octanol–water partition coefficient (Wildman–Crippen LogP) is 0.681. The number of nitrogens with zero attached hydrogens (tertiary/aromatic N) is 2. The highest BCUT2D eigenvalue weighted by Gasteiger charge is 2.13. The summed E-state index contributed by atoms with van der Waals surface area (Å²) in [5.41, 5.74) is 5.64. The van der Waals surface area contributed by atoms with Crippen molar-refractivity contribution in [1.29, 1.82) is 0 Å². The lowest BCUT2D eigenvalue weighted by Gasteiger charge is -2.10. The zero-order valence-electron chi connectivity index (χ0n) is 9.11. The Balaban J connectivity index is 2.70. The van der Waals surface area contributed by atoms with Crippen LogP contribution >= 0.6 is 11.6 Å². The van der Waals surface area contributed by atoms with Crippen molar-refractivity contribution in [3.63, 3.8) is 0 Å². The Morgan fingerprint density at radius 2 is 2.35 bits per heavy atom. The smallest absolute Gasteiger partial charge is 0.348 e. The molecule has 0 amide bonds. The number of ether oxygens (including phenoxy) is 1. The van der Waals surface area contributed by atoms with E-state index in [2.05, 4.69) is 10.2 Å². The quantitative estimate of drug-likeness (QED) is 0.843. The Morgan fingerprint density at radius 1 is 1.59 bits per heavy atom. The van der Waals surface area contributed by atoms with Crippen molar-refractivity contribution >= 4 is 11.6 Å². The van der Waals surface area contributed by atoms with Gasteiger partial charge in [-0.25, -0.2) is 14.5 Å². The van der Waals surface area contributed by atoms with Crippen LogP contribution < -0.4 is 16.2 Å². The molecule has 0 saturated heterocycles. The van der Waals surface area contributed by atoms with Gasteiger partial charge in [-0.2, -0.15) is 5.10 Å². The summed E-state index contributed by atoms with van der Waals surface area (Å²) >= 11 is 5.91. The minimum Gasteiger partial charge on any atom is -0.495 e. The summed E-state index contributed by atoms with van der Waals surface area (Å²) < 4.78 is 6.52. The Kier molecular flexibility index (Phi) is 3.16. The molecule has 1 aromatic carbocycles. The second kappa shape index (κ2) is 4.60. The van der Waals surface area contributed by atoms with Crippen molar-refractivity contribution in [2.45, 2.75) is 6.54 Å². The molecule has 0 aliphatic carbocycles. The highest BCUT2D eigenvalue weighted by Crippen LogP contribution is 2.25. The van der Waals surface area contributed by atoms with Gasteiger partial charge >= 0.3 is 5.69 Å². The molecule has 7 heteroatoms. The van der Waals surface area contributed by atoms with Crippen LogP contribution in [0.1, 0.15) is 5.82 Å². The molecule has 0 unspecified atom stereocenters. The topological polar surface area (TPSA) is 85.9 Å². The van der Waals surface area contributed by atoms with E-state index in [9.17, 15) is 4.79 Å². The molecule has 6 nitrogen and oxygen atoms in total. The Labute approximate surface area is 102 Å². The van der Waals surface area contributed by atoms with Gasteiger partial charge in [0.25, 0.3) is 0 Å². The number of aromatic nitrogens is 3. The van der Waals surface area contributed by atoms with Crippen molar-refractivity contribution in [3.8, 4) is 11.4 Å². The summed E-state index contributed by atoms with van der Waals surface area (Å²) in [6.07, 6.45) is 0. The molecule has 17 heavy (non-hydrogen) atoms. The minimum absolute atomic E-state index is 0.133. The number of hydrogen-bond acceptors (Lipinski definition) is 4. The van der Waals surface area contributed by atoms with E-state index < -0.39 is 0 Å². The van der Waals surface area contributed by atoms with Gasteiger partial charge in [0.1, 0.15) is 5.75 Å². The van der Waals surface area contributed by atoms with Crippen LogP contribution in [-0.4, -0.2) is 21.9 Å². The summed E-state index contributed by atoms with van der Waals surface area (Å²) in [6, 6.07) is 4.98. The second-order valence-corrected chi connectivity index (χ2v) is 3.74. The molecule has 0 atom stereocenters. The van der Waals surface area contributed by atoms with Gasteiger partial charge in [-0.1, -0.05) is 11.6 Å². The Bertz CT molecular complexity index is 590. The largest absolute Gasteiger partial charge is 0.495 e. The molecule has 0 spiro atoms. The van der Waals surface area contributed by atoms with Crippen LogP contribution in [-0.2, 0) is 6.54 Å². The number of halogens is 1. The van der Waals surface area contributed by atoms with E-state index >= 15 is 0 Å². The van der Waals surface area contributed by atoms with Crippen LogP contribution in [0.2, 0.25) is 5.02 Å². The van der Waals surface area contributed by atoms with E-state index in [1.54, 1.807) is 18.2 Å². The van der Waals surface area contributed by atoms with Crippen LogP contribution in [0.4, 0.5) is 0 Å². The van der Waals surface area contributed by atoms with Crippen LogP contribution in [0, 0.1) is 0 Å². The number of H-pyrrole nitrogens is 1. The van der Waals surface area contributed by atoms with E-state index in [0.717, 1.165) is 0 Å². The first-order valence-electron chi connectivity index (χ1n) is 4.87. The first-order valence-corrected chi connectivity index (χ1v) is 5.25. The first-order chi connectivity index (χ1) is 8.17. The fourth-order valence-corrected chi connectivity index (χ4v) is 1.72. The Hall–Kier alpha value is -1.79. The first kappa shape index (κ1) is 11.7. The van der Waals surface area contributed by atoms with Crippen molar-refractivity contribution in [1.82, 2.24) is 14.8 Å². The van der Waals surface area contributed by atoms with Crippen molar-refractivity contribution in [2.75, 3.05) is 7.11 Å². The summed E-state index contributed by atoms with van der Waals surface area (Å²) in [7, 11) is 1.51. The van der Waals surface area contributed by atoms with Gasteiger partial charge in [0.15, 0.2) is 5.82 Å². The van der Waals surface area contributed by atoms with E-state index in [1.807, 2.05) is 0 Å². The lowest BCUT2D eigenvalue weighted by Crippen LogP contribution is -2.19.